The van der Waals surface area contributed by atoms with Gasteiger partial charge >= 0.3 is 0 Å². The van der Waals surface area contributed by atoms with E-state index in [1.165, 1.54) is 0 Å². The minimum Gasteiger partial charge on any atom is -0.392 e. The van der Waals surface area contributed by atoms with Gasteiger partial charge in [-0.05, 0) is 34.9 Å². The van der Waals surface area contributed by atoms with Gasteiger partial charge in [-0.2, -0.15) is 0 Å². The molecule has 4 aromatic rings. The van der Waals surface area contributed by atoms with E-state index in [1.54, 1.807) is 36.9 Å². The highest BCUT2D eigenvalue weighted by atomic mass is 16.7. The lowest BCUT2D eigenvalue weighted by Crippen LogP contribution is -2.51. The minimum atomic E-state index is -0.545. The van der Waals surface area contributed by atoms with E-state index in [0.29, 0.717) is 12.1 Å². The van der Waals surface area contributed by atoms with Crippen molar-refractivity contribution >= 4 is 11.9 Å². The van der Waals surface area contributed by atoms with Crippen molar-refractivity contribution in [2.24, 2.45) is 5.92 Å². The van der Waals surface area contributed by atoms with Gasteiger partial charge in [-0.15, -0.1) is 0 Å². The Kier molecular flexibility index (Phi) is 9.52. The summed E-state index contributed by atoms with van der Waals surface area (Å²) in [4.78, 5) is 30.0. The summed E-state index contributed by atoms with van der Waals surface area (Å²) < 4.78 is 13.3. The topological polar surface area (TPSA) is 113 Å². The number of ether oxygens (including phenoxy) is 2. The molecule has 10 heteroatoms. The van der Waals surface area contributed by atoms with Gasteiger partial charge in [0.1, 0.15) is 0 Å². The Labute approximate surface area is 257 Å². The first-order valence-corrected chi connectivity index (χ1v) is 15.1. The Balaban J connectivity index is 1.14. The summed E-state index contributed by atoms with van der Waals surface area (Å²) in [6.45, 7) is 6.88. The number of hydrogen-bond acceptors (Lipinski definition) is 9. The number of rotatable bonds is 9. The maximum atomic E-state index is 12.4. The number of pyridine rings is 1. The maximum Gasteiger partial charge on any atom is 0.253 e. The van der Waals surface area contributed by atoms with Gasteiger partial charge in [-0.3, -0.25) is 14.7 Å². The Hall–Kier alpha value is -4.22. The number of benzene rings is 2. The molecule has 10 nitrogen and oxygen atoms in total. The SMILES string of the molecule is C[C@@H]1[C@H](CN2CCN(c3ncccn3)CC2)O[C@H](c2ccc(CNC(=O)c3cccnc3)cc2)O[C@@H]1c1ccc(CO)cc1. The summed E-state index contributed by atoms with van der Waals surface area (Å²) in [6.07, 6.45) is 5.98. The predicted octanol–water partition coefficient (Wildman–Crippen LogP) is 3.91. The zero-order chi connectivity index (χ0) is 30.3. The summed E-state index contributed by atoms with van der Waals surface area (Å²) in [5, 5.41) is 12.5. The van der Waals surface area contributed by atoms with Crippen LogP contribution >= 0.6 is 0 Å². The van der Waals surface area contributed by atoms with Crippen molar-refractivity contribution in [2.45, 2.75) is 38.6 Å². The summed E-state index contributed by atoms with van der Waals surface area (Å²) in [7, 11) is 0. The summed E-state index contributed by atoms with van der Waals surface area (Å²) in [5.74, 6) is 0.711. The lowest BCUT2D eigenvalue weighted by atomic mass is 9.90. The van der Waals surface area contributed by atoms with Crippen molar-refractivity contribution in [1.29, 1.82) is 0 Å². The third kappa shape index (κ3) is 7.11. The minimum absolute atomic E-state index is 0.00472. The van der Waals surface area contributed by atoms with Crippen molar-refractivity contribution in [3.63, 3.8) is 0 Å². The second kappa shape index (κ2) is 14.0. The molecule has 2 saturated heterocycles. The lowest BCUT2D eigenvalue weighted by Gasteiger charge is -2.44. The number of aliphatic hydroxyl groups excluding tert-OH is 1. The molecule has 4 heterocycles. The highest BCUT2D eigenvalue weighted by Gasteiger charge is 2.39. The molecule has 4 atom stereocenters. The molecular weight excluding hydrogens is 556 g/mol. The highest BCUT2D eigenvalue weighted by molar-refractivity contribution is 5.93. The second-order valence-corrected chi connectivity index (χ2v) is 11.3. The highest BCUT2D eigenvalue weighted by Crippen LogP contribution is 2.42. The largest absolute Gasteiger partial charge is 0.392 e. The average molecular weight is 595 g/mol. The molecule has 2 aliphatic heterocycles. The molecule has 2 aliphatic rings. The zero-order valence-electron chi connectivity index (χ0n) is 24.8. The molecule has 0 unspecified atom stereocenters. The van der Waals surface area contributed by atoms with Crippen molar-refractivity contribution in [3.05, 3.63) is 119 Å². The zero-order valence-corrected chi connectivity index (χ0v) is 24.8. The van der Waals surface area contributed by atoms with Crippen LogP contribution in [0.1, 0.15) is 51.9 Å². The van der Waals surface area contributed by atoms with Crippen molar-refractivity contribution in [1.82, 2.24) is 25.2 Å². The van der Waals surface area contributed by atoms with E-state index in [4.69, 9.17) is 9.47 Å². The van der Waals surface area contributed by atoms with Crippen LogP contribution in [0.4, 0.5) is 5.95 Å². The van der Waals surface area contributed by atoms with Crippen LogP contribution in [0.5, 0.6) is 0 Å². The summed E-state index contributed by atoms with van der Waals surface area (Å²) >= 11 is 0. The van der Waals surface area contributed by atoms with Crippen LogP contribution in [0.3, 0.4) is 0 Å². The normalized spacial score (nSPS) is 22.5. The predicted molar refractivity (Wildman–Crippen MR) is 166 cm³/mol. The quantitative estimate of drug-likeness (QED) is 0.298. The van der Waals surface area contributed by atoms with Gasteiger partial charge in [0.05, 0.1) is 24.4 Å². The number of carbonyl (C=O) groups is 1. The van der Waals surface area contributed by atoms with Gasteiger partial charge in [0.25, 0.3) is 5.91 Å². The summed E-state index contributed by atoms with van der Waals surface area (Å²) in [5.41, 5.74) is 4.36. The Morgan fingerprint density at radius 3 is 2.27 bits per heavy atom. The fourth-order valence-electron chi connectivity index (χ4n) is 5.74. The first-order chi connectivity index (χ1) is 21.6. The number of piperazine rings is 1. The van der Waals surface area contributed by atoms with Crippen LogP contribution in [-0.2, 0) is 22.6 Å². The first kappa shape index (κ1) is 29.8. The molecule has 1 amide bonds. The molecule has 0 bridgehead atoms. The molecule has 0 radical (unpaired) electrons. The lowest BCUT2D eigenvalue weighted by molar-refractivity contribution is -0.276. The number of hydrogen-bond donors (Lipinski definition) is 2. The van der Waals surface area contributed by atoms with E-state index in [-0.39, 0.29) is 30.6 Å². The monoisotopic (exact) mass is 594 g/mol. The Bertz CT molecular complexity index is 1480. The van der Waals surface area contributed by atoms with E-state index in [9.17, 15) is 9.90 Å². The van der Waals surface area contributed by atoms with E-state index in [1.807, 2.05) is 54.6 Å². The summed E-state index contributed by atoms with van der Waals surface area (Å²) in [6, 6.07) is 21.3. The maximum absolute atomic E-state index is 12.4. The number of amides is 1. The van der Waals surface area contributed by atoms with Crippen molar-refractivity contribution in [3.8, 4) is 0 Å². The van der Waals surface area contributed by atoms with E-state index in [0.717, 1.165) is 60.9 Å². The number of nitrogens with one attached hydrogen (secondary N) is 1. The van der Waals surface area contributed by atoms with Crippen LogP contribution in [0, 0.1) is 5.92 Å². The number of carbonyl (C=O) groups excluding carboxylic acids is 1. The standard InChI is InChI=1S/C34H38N6O4/c1-24-30(22-39-16-18-40(19-17-39)34-36-14-3-15-37-34)43-33(44-31(24)27-9-7-26(23-41)8-10-27)28-11-5-25(6-12-28)20-38-32(42)29-4-2-13-35-21-29/h2-15,21,24,30-31,33,41H,16-20,22-23H2,1H3,(H,38,42)/t24-,30+,31+,33+/m1/s1. The number of aliphatic hydroxyl groups is 1. The molecule has 0 aliphatic carbocycles. The number of anilines is 1. The number of nitrogens with zero attached hydrogens (tertiary/aromatic N) is 5. The van der Waals surface area contributed by atoms with Crippen LogP contribution in [0.15, 0.2) is 91.5 Å². The fourth-order valence-corrected chi connectivity index (χ4v) is 5.74. The third-order valence-electron chi connectivity index (χ3n) is 8.40. The van der Waals surface area contributed by atoms with E-state index in [2.05, 4.69) is 37.0 Å². The molecule has 0 spiro atoms. The second-order valence-electron chi connectivity index (χ2n) is 11.3. The van der Waals surface area contributed by atoms with Gasteiger partial charge in [0, 0.05) is 75.5 Å². The molecule has 0 saturated carbocycles. The first-order valence-electron chi connectivity index (χ1n) is 15.1. The van der Waals surface area contributed by atoms with Crippen LogP contribution in [0.25, 0.3) is 0 Å². The van der Waals surface area contributed by atoms with Gasteiger partial charge in [-0.25, -0.2) is 9.97 Å². The molecule has 228 valence electrons. The van der Waals surface area contributed by atoms with Crippen LogP contribution < -0.4 is 10.2 Å². The third-order valence-corrected chi connectivity index (χ3v) is 8.40. The van der Waals surface area contributed by atoms with Crippen molar-refractivity contribution < 1.29 is 19.4 Å². The molecule has 2 aromatic heterocycles. The molecule has 2 N–H and O–H groups in total. The van der Waals surface area contributed by atoms with E-state index >= 15 is 0 Å². The van der Waals surface area contributed by atoms with Crippen LogP contribution in [-0.4, -0.2) is 69.7 Å². The van der Waals surface area contributed by atoms with Gasteiger partial charge < -0.3 is 24.8 Å². The molecule has 2 aromatic carbocycles. The average Bonchev–Trinajstić information content (AvgIpc) is 3.09. The molecule has 2 fully saturated rings. The number of aromatic nitrogens is 3. The Morgan fingerprint density at radius 1 is 0.886 bits per heavy atom. The van der Waals surface area contributed by atoms with Crippen LogP contribution in [0.2, 0.25) is 0 Å². The van der Waals surface area contributed by atoms with Gasteiger partial charge in [0.2, 0.25) is 5.95 Å². The molecule has 6 rings (SSSR count). The molecule has 44 heavy (non-hydrogen) atoms. The molecular formula is C34H38N6O4. The van der Waals surface area contributed by atoms with E-state index < -0.39 is 6.29 Å². The fraction of sp³-hybridized carbons (Fsp3) is 0.353. The smallest absolute Gasteiger partial charge is 0.253 e. The van der Waals surface area contributed by atoms with Gasteiger partial charge in [-0.1, -0.05) is 55.5 Å². The van der Waals surface area contributed by atoms with Crippen molar-refractivity contribution in [2.75, 3.05) is 37.6 Å². The Morgan fingerprint density at radius 2 is 1.59 bits per heavy atom. The van der Waals surface area contributed by atoms with Gasteiger partial charge in [0.15, 0.2) is 6.29 Å².